The zero-order valence-electron chi connectivity index (χ0n) is 17.5. The molecular weight excluding hydrogens is 397 g/mol. The lowest BCUT2D eigenvalue weighted by molar-refractivity contribution is 0.0929. The Morgan fingerprint density at radius 1 is 1.19 bits per heavy atom. The number of hydrogen-bond donors (Lipinski definition) is 1. The Morgan fingerprint density at radius 2 is 2.03 bits per heavy atom. The molecule has 0 saturated heterocycles. The quantitative estimate of drug-likeness (QED) is 0.347. The molecule has 1 N–H and O–H groups in total. The zero-order chi connectivity index (χ0) is 22.0. The van der Waals surface area contributed by atoms with Crippen molar-refractivity contribution in [2.75, 3.05) is 6.61 Å². The highest BCUT2D eigenvalue weighted by atomic mass is 19.1. The molecule has 0 aliphatic heterocycles. The van der Waals surface area contributed by atoms with E-state index < -0.39 is 5.91 Å². The van der Waals surface area contributed by atoms with E-state index in [4.69, 9.17) is 9.15 Å². The number of benzene rings is 2. The predicted octanol–water partition coefficient (Wildman–Crippen LogP) is 5.14. The van der Waals surface area contributed by atoms with Gasteiger partial charge in [0.25, 0.3) is 0 Å². The fourth-order valence-corrected chi connectivity index (χ4v) is 3.54. The van der Waals surface area contributed by atoms with Gasteiger partial charge < -0.3 is 13.7 Å². The van der Waals surface area contributed by atoms with Crippen LogP contribution in [0.4, 0.5) is 4.39 Å². The maximum Gasteiger partial charge on any atom is 0.307 e. The third kappa shape index (κ3) is 4.21. The highest BCUT2D eigenvalue weighted by Gasteiger charge is 2.13. The van der Waals surface area contributed by atoms with E-state index in [1.807, 2.05) is 43.5 Å². The number of hydrazone groups is 1. The molecule has 2 heterocycles. The van der Waals surface area contributed by atoms with Gasteiger partial charge >= 0.3 is 5.91 Å². The van der Waals surface area contributed by atoms with Crippen molar-refractivity contribution < 1.29 is 18.3 Å². The monoisotopic (exact) mass is 419 g/mol. The van der Waals surface area contributed by atoms with E-state index >= 15 is 0 Å². The first kappa shape index (κ1) is 20.4. The van der Waals surface area contributed by atoms with Gasteiger partial charge in [0.05, 0.1) is 12.8 Å². The normalized spacial score (nSPS) is 11.4. The van der Waals surface area contributed by atoms with Gasteiger partial charge in [-0.25, -0.2) is 9.82 Å². The number of nitrogens with zero attached hydrogens (tertiary/aromatic N) is 2. The molecule has 0 aliphatic carbocycles. The number of carbonyl (C=O) groups excluding carboxylic acids is 1. The lowest BCUT2D eigenvalue weighted by Crippen LogP contribution is -2.16. The van der Waals surface area contributed by atoms with E-state index in [0.717, 1.165) is 33.8 Å². The van der Waals surface area contributed by atoms with Crippen molar-refractivity contribution in [2.45, 2.75) is 20.8 Å². The first-order valence-electron chi connectivity index (χ1n) is 9.91. The number of carbonyl (C=O) groups is 1. The molecule has 6 nitrogen and oxygen atoms in total. The van der Waals surface area contributed by atoms with Crippen LogP contribution in [0, 0.1) is 19.7 Å². The molecule has 0 radical (unpaired) electrons. The van der Waals surface area contributed by atoms with Gasteiger partial charge in [0.15, 0.2) is 5.76 Å². The van der Waals surface area contributed by atoms with Crippen molar-refractivity contribution in [1.29, 1.82) is 0 Å². The molecule has 4 aromatic rings. The molecule has 31 heavy (non-hydrogen) atoms. The van der Waals surface area contributed by atoms with Gasteiger partial charge in [0.2, 0.25) is 0 Å². The second kappa shape index (κ2) is 8.47. The van der Waals surface area contributed by atoms with Crippen LogP contribution in [0.1, 0.15) is 34.4 Å². The SMILES string of the molecule is CCOc1ccc2oc(C(=O)N/N=C/c3cc(C)n(-c4cccc(F)c4)c3C)cc2c1. The maximum absolute atomic E-state index is 13.6. The third-order valence-corrected chi connectivity index (χ3v) is 4.93. The Morgan fingerprint density at radius 3 is 2.81 bits per heavy atom. The van der Waals surface area contributed by atoms with Gasteiger partial charge in [-0.3, -0.25) is 4.79 Å². The highest BCUT2D eigenvalue weighted by Crippen LogP contribution is 2.24. The van der Waals surface area contributed by atoms with Crippen molar-refractivity contribution in [2.24, 2.45) is 5.10 Å². The summed E-state index contributed by atoms with van der Waals surface area (Å²) in [5, 5.41) is 4.84. The lowest BCUT2D eigenvalue weighted by Gasteiger charge is -2.09. The Labute approximate surface area is 178 Å². The first-order chi connectivity index (χ1) is 15.0. The average molecular weight is 419 g/mol. The van der Waals surface area contributed by atoms with Crippen molar-refractivity contribution in [3.63, 3.8) is 0 Å². The van der Waals surface area contributed by atoms with Crippen LogP contribution in [-0.2, 0) is 0 Å². The van der Waals surface area contributed by atoms with E-state index in [-0.39, 0.29) is 11.6 Å². The minimum Gasteiger partial charge on any atom is -0.494 e. The summed E-state index contributed by atoms with van der Waals surface area (Å²) < 4.78 is 26.6. The number of rotatable bonds is 6. The van der Waals surface area contributed by atoms with Gasteiger partial charge in [-0.15, -0.1) is 0 Å². The molecule has 0 bridgehead atoms. The molecule has 0 fully saturated rings. The highest BCUT2D eigenvalue weighted by molar-refractivity contribution is 5.96. The summed E-state index contributed by atoms with van der Waals surface area (Å²) in [4.78, 5) is 12.4. The van der Waals surface area contributed by atoms with Crippen LogP contribution in [0.5, 0.6) is 5.75 Å². The van der Waals surface area contributed by atoms with Crippen molar-refractivity contribution in [3.8, 4) is 11.4 Å². The second-order valence-electron chi connectivity index (χ2n) is 7.08. The molecule has 7 heteroatoms. The Kier molecular flexibility index (Phi) is 5.58. The summed E-state index contributed by atoms with van der Waals surface area (Å²) in [5.41, 5.74) is 6.44. The van der Waals surface area contributed by atoms with E-state index in [1.54, 1.807) is 30.5 Å². The summed E-state index contributed by atoms with van der Waals surface area (Å²) in [6, 6.07) is 15.3. The molecule has 4 rings (SSSR count). The van der Waals surface area contributed by atoms with Crippen LogP contribution in [0.3, 0.4) is 0 Å². The lowest BCUT2D eigenvalue weighted by atomic mass is 10.2. The molecule has 0 unspecified atom stereocenters. The number of halogens is 1. The largest absolute Gasteiger partial charge is 0.494 e. The fourth-order valence-electron chi connectivity index (χ4n) is 3.54. The number of aryl methyl sites for hydroxylation is 1. The summed E-state index contributed by atoms with van der Waals surface area (Å²) >= 11 is 0. The van der Waals surface area contributed by atoms with Crippen molar-refractivity contribution >= 4 is 23.1 Å². The summed E-state index contributed by atoms with van der Waals surface area (Å²) in [6.45, 7) is 6.31. The molecule has 158 valence electrons. The van der Waals surface area contributed by atoms with Crippen LogP contribution >= 0.6 is 0 Å². The van der Waals surface area contributed by atoms with Gasteiger partial charge in [-0.05, 0) is 69.3 Å². The van der Waals surface area contributed by atoms with E-state index in [2.05, 4.69) is 10.5 Å². The summed E-state index contributed by atoms with van der Waals surface area (Å²) in [5.74, 6) is 0.122. The molecule has 1 amide bonds. The van der Waals surface area contributed by atoms with Gasteiger partial charge in [-0.1, -0.05) is 6.07 Å². The van der Waals surface area contributed by atoms with Crippen LogP contribution < -0.4 is 10.2 Å². The minimum absolute atomic E-state index is 0.158. The molecule has 0 spiro atoms. The summed E-state index contributed by atoms with van der Waals surface area (Å²) in [7, 11) is 0. The topological polar surface area (TPSA) is 68.8 Å². The smallest absolute Gasteiger partial charge is 0.307 e. The van der Waals surface area contributed by atoms with Crippen LogP contribution in [0.25, 0.3) is 16.7 Å². The van der Waals surface area contributed by atoms with Gasteiger partial charge in [0.1, 0.15) is 17.1 Å². The number of hydrogen-bond acceptors (Lipinski definition) is 4. The number of ether oxygens (including phenoxy) is 1. The number of aromatic nitrogens is 1. The zero-order valence-corrected chi connectivity index (χ0v) is 17.5. The van der Waals surface area contributed by atoms with Crippen molar-refractivity contribution in [1.82, 2.24) is 9.99 Å². The molecule has 0 atom stereocenters. The Bertz CT molecular complexity index is 1290. The third-order valence-electron chi connectivity index (χ3n) is 4.93. The van der Waals surface area contributed by atoms with E-state index in [0.29, 0.717) is 12.2 Å². The number of nitrogens with one attached hydrogen (secondary N) is 1. The van der Waals surface area contributed by atoms with E-state index in [9.17, 15) is 9.18 Å². The van der Waals surface area contributed by atoms with Crippen LogP contribution in [0.2, 0.25) is 0 Å². The summed E-state index contributed by atoms with van der Waals surface area (Å²) in [6.07, 6.45) is 1.56. The predicted molar refractivity (Wildman–Crippen MR) is 118 cm³/mol. The fraction of sp³-hybridized carbons (Fsp3) is 0.167. The Balaban J connectivity index is 1.50. The molecule has 2 aromatic carbocycles. The van der Waals surface area contributed by atoms with E-state index in [1.165, 1.54) is 12.1 Å². The van der Waals surface area contributed by atoms with Crippen LogP contribution in [0.15, 0.2) is 64.1 Å². The van der Waals surface area contributed by atoms with Crippen LogP contribution in [-0.4, -0.2) is 23.3 Å². The van der Waals surface area contributed by atoms with Crippen molar-refractivity contribution in [3.05, 3.63) is 83.1 Å². The second-order valence-corrected chi connectivity index (χ2v) is 7.08. The van der Waals surface area contributed by atoms with Gasteiger partial charge in [-0.2, -0.15) is 5.10 Å². The van der Waals surface area contributed by atoms with Gasteiger partial charge in [0, 0.05) is 28.0 Å². The molecule has 2 aromatic heterocycles. The number of fused-ring (bicyclic) bond motifs is 1. The number of furan rings is 1. The molecule has 0 saturated carbocycles. The average Bonchev–Trinajstić information content (AvgIpc) is 3.28. The molecule has 0 aliphatic rings. The first-order valence-corrected chi connectivity index (χ1v) is 9.91. The Hall–Kier alpha value is -3.87. The number of amides is 1. The molecular formula is C24H22FN3O3. The minimum atomic E-state index is -0.454. The maximum atomic E-state index is 13.6. The standard InChI is InChI=1S/C24H22FN3O3/c1-4-30-21-8-9-22-17(11-21)12-23(31-22)24(29)27-26-14-18-10-15(2)28(16(18)3)20-7-5-6-19(25)13-20/h5-14H,4H2,1-3H3,(H,27,29)/b26-14+.